The highest BCUT2D eigenvalue weighted by atomic mass is 19.4. The standard InChI is InChI=1S/C26H25F4N5O/c1-34(2)16-6-5-9-35(14-16)17-11-20(27)23-21(12-17)32-25(33-23)22-10-15(13-31-22)24(36)18-7-3-4-8-19(18)26(28,29)30/h3-4,7-8,10-13,16,31H,5-6,9,14H2,1-2H3,(H,32,33)/t16-/m1/s1. The number of anilines is 1. The van der Waals surface area contributed by atoms with Crippen LogP contribution in [-0.2, 0) is 6.18 Å². The fraction of sp³-hybridized carbons (Fsp3) is 0.308. The highest BCUT2D eigenvalue weighted by Gasteiger charge is 2.35. The van der Waals surface area contributed by atoms with Gasteiger partial charge in [-0.1, -0.05) is 18.2 Å². The number of imidazole rings is 1. The Balaban J connectivity index is 1.44. The lowest BCUT2D eigenvalue weighted by Crippen LogP contribution is -2.45. The Morgan fingerprint density at radius 1 is 1.17 bits per heavy atom. The van der Waals surface area contributed by atoms with Crippen molar-refractivity contribution in [2.75, 3.05) is 32.1 Å². The summed E-state index contributed by atoms with van der Waals surface area (Å²) in [5.41, 5.74) is 0.389. The first-order valence-corrected chi connectivity index (χ1v) is 11.6. The fourth-order valence-corrected chi connectivity index (χ4v) is 4.73. The molecule has 1 atom stereocenters. The number of alkyl halides is 3. The van der Waals surface area contributed by atoms with E-state index in [0.29, 0.717) is 17.3 Å². The summed E-state index contributed by atoms with van der Waals surface area (Å²) in [5, 5.41) is 0. The SMILES string of the molecule is CN(C)[C@@H]1CCCN(c2cc(F)c3nc(-c4cc(C(=O)c5ccccc5C(F)(F)F)c[nH]4)[nH]c3c2)C1. The maximum Gasteiger partial charge on any atom is 0.417 e. The normalized spacial score (nSPS) is 16.8. The van der Waals surface area contributed by atoms with E-state index in [2.05, 4.69) is 24.8 Å². The van der Waals surface area contributed by atoms with Gasteiger partial charge in [0.15, 0.2) is 17.4 Å². The third-order valence-electron chi connectivity index (χ3n) is 6.69. The lowest BCUT2D eigenvalue weighted by molar-refractivity contribution is -0.137. The van der Waals surface area contributed by atoms with E-state index < -0.39 is 28.9 Å². The molecule has 2 N–H and O–H groups in total. The van der Waals surface area contributed by atoms with E-state index in [1.54, 1.807) is 0 Å². The first kappa shape index (κ1) is 24.1. The molecule has 1 saturated heterocycles. The summed E-state index contributed by atoms with van der Waals surface area (Å²) in [7, 11) is 4.08. The van der Waals surface area contributed by atoms with Crippen LogP contribution in [0.15, 0.2) is 48.7 Å². The molecule has 0 bridgehead atoms. The van der Waals surface area contributed by atoms with E-state index in [1.165, 1.54) is 30.5 Å². The first-order valence-electron chi connectivity index (χ1n) is 11.6. The number of aromatic nitrogens is 3. The number of halogens is 4. The third kappa shape index (κ3) is 4.48. The second-order valence-electron chi connectivity index (χ2n) is 9.29. The summed E-state index contributed by atoms with van der Waals surface area (Å²) in [5.74, 6) is -0.955. The molecule has 0 saturated carbocycles. The van der Waals surface area contributed by atoms with Crippen LogP contribution in [0.5, 0.6) is 0 Å². The number of piperidine rings is 1. The number of nitrogens with zero attached hydrogens (tertiary/aromatic N) is 3. The number of hydrogen-bond acceptors (Lipinski definition) is 4. The van der Waals surface area contributed by atoms with Gasteiger partial charge in [-0.25, -0.2) is 9.37 Å². The molecule has 2 aromatic heterocycles. The smallest absolute Gasteiger partial charge is 0.370 e. The van der Waals surface area contributed by atoms with E-state index >= 15 is 4.39 Å². The van der Waals surface area contributed by atoms with Gasteiger partial charge in [0.2, 0.25) is 0 Å². The topological polar surface area (TPSA) is 68.0 Å². The van der Waals surface area contributed by atoms with Crippen LogP contribution in [0.1, 0.15) is 34.3 Å². The average molecular weight is 500 g/mol. The summed E-state index contributed by atoms with van der Waals surface area (Å²) in [6.45, 7) is 1.62. The largest absolute Gasteiger partial charge is 0.417 e. The lowest BCUT2D eigenvalue weighted by Gasteiger charge is -2.37. The van der Waals surface area contributed by atoms with E-state index in [-0.39, 0.29) is 16.9 Å². The minimum atomic E-state index is -4.65. The van der Waals surface area contributed by atoms with Gasteiger partial charge in [-0.05, 0) is 51.2 Å². The van der Waals surface area contributed by atoms with Gasteiger partial charge < -0.3 is 19.8 Å². The number of carbonyl (C=O) groups is 1. The zero-order valence-corrected chi connectivity index (χ0v) is 19.8. The number of fused-ring (bicyclic) bond motifs is 1. The zero-order valence-electron chi connectivity index (χ0n) is 19.8. The number of nitrogens with one attached hydrogen (secondary N) is 2. The first-order chi connectivity index (χ1) is 17.1. The molecule has 188 valence electrons. The maximum absolute atomic E-state index is 15.0. The predicted molar refractivity (Wildman–Crippen MR) is 130 cm³/mol. The van der Waals surface area contributed by atoms with Gasteiger partial charge >= 0.3 is 6.18 Å². The van der Waals surface area contributed by atoms with Crippen LogP contribution >= 0.6 is 0 Å². The Morgan fingerprint density at radius 2 is 1.94 bits per heavy atom. The van der Waals surface area contributed by atoms with Crippen LogP contribution in [0.2, 0.25) is 0 Å². The minimum Gasteiger partial charge on any atom is -0.370 e. The van der Waals surface area contributed by atoms with Crippen molar-refractivity contribution in [2.24, 2.45) is 0 Å². The molecule has 4 aromatic rings. The van der Waals surface area contributed by atoms with E-state index in [1.807, 2.05) is 20.2 Å². The van der Waals surface area contributed by atoms with Crippen LogP contribution in [-0.4, -0.2) is 58.9 Å². The minimum absolute atomic E-state index is 0.0476. The molecule has 2 aromatic carbocycles. The van der Waals surface area contributed by atoms with Crippen molar-refractivity contribution in [1.29, 1.82) is 0 Å². The number of hydrogen-bond donors (Lipinski definition) is 2. The molecule has 5 rings (SSSR count). The van der Waals surface area contributed by atoms with Crippen LogP contribution in [0.25, 0.3) is 22.6 Å². The molecule has 3 heterocycles. The molecule has 10 heteroatoms. The molecule has 0 unspecified atom stereocenters. The van der Waals surface area contributed by atoms with Crippen molar-refractivity contribution in [2.45, 2.75) is 25.1 Å². The Hall–Kier alpha value is -3.66. The maximum atomic E-state index is 15.0. The monoisotopic (exact) mass is 499 g/mol. The van der Waals surface area contributed by atoms with Gasteiger partial charge in [0.25, 0.3) is 0 Å². The van der Waals surface area contributed by atoms with Crippen LogP contribution < -0.4 is 4.90 Å². The quantitative estimate of drug-likeness (QED) is 0.282. The Bertz CT molecular complexity index is 1420. The molecular weight excluding hydrogens is 474 g/mol. The molecule has 0 aliphatic carbocycles. The van der Waals surface area contributed by atoms with Gasteiger partial charge in [0, 0.05) is 42.1 Å². The number of likely N-dealkylation sites (N-methyl/N-ethyl adjacent to an activating group) is 1. The van der Waals surface area contributed by atoms with Crippen LogP contribution in [0, 0.1) is 5.82 Å². The van der Waals surface area contributed by atoms with E-state index in [0.717, 1.165) is 43.8 Å². The highest BCUT2D eigenvalue weighted by Crippen LogP contribution is 2.34. The Kier molecular flexibility index (Phi) is 6.07. The number of rotatable bonds is 5. The molecule has 0 spiro atoms. The van der Waals surface area contributed by atoms with Crippen molar-refractivity contribution >= 4 is 22.5 Å². The molecular formula is C26H25F4N5O. The van der Waals surface area contributed by atoms with Gasteiger partial charge in [-0.15, -0.1) is 0 Å². The summed E-state index contributed by atoms with van der Waals surface area (Å²) >= 11 is 0. The number of ketones is 1. The Labute approximate surface area is 204 Å². The second kappa shape index (κ2) is 9.09. The summed E-state index contributed by atoms with van der Waals surface area (Å²) in [6, 6.07) is 9.78. The highest BCUT2D eigenvalue weighted by molar-refractivity contribution is 6.10. The molecule has 1 fully saturated rings. The summed E-state index contributed by atoms with van der Waals surface area (Å²) < 4.78 is 55.1. The van der Waals surface area contributed by atoms with Crippen LogP contribution in [0.3, 0.4) is 0 Å². The van der Waals surface area contributed by atoms with Crippen molar-refractivity contribution in [1.82, 2.24) is 19.9 Å². The number of carbonyl (C=O) groups excluding carboxylic acids is 1. The lowest BCUT2D eigenvalue weighted by atomic mass is 9.99. The molecule has 36 heavy (non-hydrogen) atoms. The molecule has 1 aliphatic rings. The number of benzene rings is 2. The predicted octanol–water partition coefficient (Wildman–Crippen LogP) is 5.48. The second-order valence-corrected chi connectivity index (χ2v) is 9.29. The van der Waals surface area contributed by atoms with Crippen molar-refractivity contribution in [3.05, 3.63) is 71.2 Å². The summed E-state index contributed by atoms with van der Waals surface area (Å²) in [6.07, 6.45) is -1.23. The molecule has 0 amide bonds. The third-order valence-corrected chi connectivity index (χ3v) is 6.69. The van der Waals surface area contributed by atoms with Gasteiger partial charge in [0.1, 0.15) is 5.52 Å². The molecule has 1 aliphatic heterocycles. The van der Waals surface area contributed by atoms with Crippen molar-refractivity contribution < 1.29 is 22.4 Å². The van der Waals surface area contributed by atoms with Gasteiger partial charge in [-0.2, -0.15) is 13.2 Å². The van der Waals surface area contributed by atoms with Crippen molar-refractivity contribution in [3.63, 3.8) is 0 Å². The number of H-pyrrole nitrogens is 2. The summed E-state index contributed by atoms with van der Waals surface area (Å²) in [4.78, 5) is 27.5. The van der Waals surface area contributed by atoms with E-state index in [9.17, 15) is 18.0 Å². The molecule has 0 radical (unpaired) electrons. The van der Waals surface area contributed by atoms with Gasteiger partial charge in [-0.3, -0.25) is 4.79 Å². The zero-order chi connectivity index (χ0) is 25.6. The number of aromatic amines is 2. The van der Waals surface area contributed by atoms with E-state index in [4.69, 9.17) is 0 Å². The fourth-order valence-electron chi connectivity index (χ4n) is 4.73. The molecule has 6 nitrogen and oxygen atoms in total. The van der Waals surface area contributed by atoms with Crippen LogP contribution in [0.4, 0.5) is 23.2 Å². The van der Waals surface area contributed by atoms with Crippen molar-refractivity contribution in [3.8, 4) is 11.5 Å². The van der Waals surface area contributed by atoms with Gasteiger partial charge in [0.05, 0.1) is 16.8 Å². The average Bonchev–Trinajstić information content (AvgIpc) is 3.51. The Morgan fingerprint density at radius 3 is 2.69 bits per heavy atom.